The van der Waals surface area contributed by atoms with Crippen LogP contribution in [0.2, 0.25) is 0 Å². The summed E-state index contributed by atoms with van der Waals surface area (Å²) in [6.45, 7) is 3.41. The molecule has 3 nitrogen and oxygen atoms in total. The van der Waals surface area contributed by atoms with E-state index in [4.69, 9.17) is 5.73 Å². The quantitative estimate of drug-likeness (QED) is 0.912. The van der Waals surface area contributed by atoms with Crippen molar-refractivity contribution in [3.8, 4) is 0 Å². The van der Waals surface area contributed by atoms with Crippen LogP contribution in [0.15, 0.2) is 54.1 Å². The number of nitrogens with zero attached hydrogens (tertiary/aromatic N) is 1. The number of fused-ring (bicyclic) bond motifs is 1. The number of likely N-dealkylation sites (tertiary alicyclic amines) is 1. The Balaban J connectivity index is 1.65. The van der Waals surface area contributed by atoms with Crippen LogP contribution in [0, 0.1) is 0 Å². The molecule has 1 heterocycles. The number of carbonyl (C=O) groups is 1. The van der Waals surface area contributed by atoms with Gasteiger partial charge in [-0.2, -0.15) is 0 Å². The van der Waals surface area contributed by atoms with Crippen LogP contribution in [0.5, 0.6) is 0 Å². The minimum atomic E-state index is -0.299. The fraction of sp³-hybridized carbons (Fsp3) is 0.348. The summed E-state index contributed by atoms with van der Waals surface area (Å²) in [5.74, 6) is -0.299. The van der Waals surface area contributed by atoms with Crippen molar-refractivity contribution < 1.29 is 4.79 Å². The molecule has 2 aromatic carbocycles. The molecule has 1 amide bonds. The van der Waals surface area contributed by atoms with E-state index < -0.39 is 0 Å². The molecule has 2 N–H and O–H groups in total. The van der Waals surface area contributed by atoms with E-state index in [2.05, 4.69) is 47.4 Å². The standard InChI is InChI=1S/C23H26N2O/c24-23(26)21-13-12-18-6-2-3-7-20(18)22(21)19-10-8-17(9-11-19)16-25-14-4-1-5-15-25/h2-3,6-11H,1,4-5,12-16H2,(H2,24,26). The lowest BCUT2D eigenvalue weighted by Crippen LogP contribution is -2.29. The maximum absolute atomic E-state index is 12.0. The molecule has 2 aliphatic rings. The number of rotatable bonds is 4. The van der Waals surface area contributed by atoms with Gasteiger partial charge in [0.2, 0.25) is 5.91 Å². The van der Waals surface area contributed by atoms with E-state index in [0.717, 1.165) is 41.7 Å². The molecule has 0 unspecified atom stereocenters. The lowest BCUT2D eigenvalue weighted by Gasteiger charge is -2.26. The molecule has 0 radical (unpaired) electrons. The Hall–Kier alpha value is -2.39. The molecule has 1 aliphatic carbocycles. The number of hydrogen-bond acceptors (Lipinski definition) is 2. The summed E-state index contributed by atoms with van der Waals surface area (Å²) in [6.07, 6.45) is 5.58. The molecule has 0 atom stereocenters. The first-order valence-corrected chi connectivity index (χ1v) is 9.65. The number of primary amides is 1. The Morgan fingerprint density at radius 2 is 1.65 bits per heavy atom. The van der Waals surface area contributed by atoms with Gasteiger partial charge in [-0.3, -0.25) is 9.69 Å². The summed E-state index contributed by atoms with van der Waals surface area (Å²) in [5, 5.41) is 0. The van der Waals surface area contributed by atoms with E-state index >= 15 is 0 Å². The molecule has 1 aliphatic heterocycles. The van der Waals surface area contributed by atoms with Gasteiger partial charge in [0.15, 0.2) is 0 Å². The molecule has 0 spiro atoms. The highest BCUT2D eigenvalue weighted by Crippen LogP contribution is 2.36. The topological polar surface area (TPSA) is 46.3 Å². The van der Waals surface area contributed by atoms with E-state index in [-0.39, 0.29) is 5.91 Å². The molecule has 0 aromatic heterocycles. The SMILES string of the molecule is NC(=O)C1=C(c2ccc(CN3CCCCC3)cc2)c2ccccc2CC1. The van der Waals surface area contributed by atoms with E-state index in [1.807, 2.05) is 6.07 Å². The zero-order valence-electron chi connectivity index (χ0n) is 15.2. The molecule has 0 bridgehead atoms. The number of amides is 1. The minimum absolute atomic E-state index is 0.299. The lowest BCUT2D eigenvalue weighted by molar-refractivity contribution is -0.114. The van der Waals surface area contributed by atoms with Crippen LogP contribution in [0.3, 0.4) is 0 Å². The first-order chi connectivity index (χ1) is 12.7. The molecule has 134 valence electrons. The van der Waals surface area contributed by atoms with Gasteiger partial charge in [-0.25, -0.2) is 0 Å². The van der Waals surface area contributed by atoms with E-state index in [1.54, 1.807) is 0 Å². The van der Waals surface area contributed by atoms with Crippen molar-refractivity contribution in [3.63, 3.8) is 0 Å². The van der Waals surface area contributed by atoms with Gasteiger partial charge in [0, 0.05) is 12.1 Å². The Bertz CT molecular complexity index is 830. The third-order valence-corrected chi connectivity index (χ3v) is 5.63. The van der Waals surface area contributed by atoms with Crippen molar-refractivity contribution in [2.75, 3.05) is 13.1 Å². The lowest BCUT2D eigenvalue weighted by atomic mass is 9.82. The van der Waals surface area contributed by atoms with Gasteiger partial charge in [-0.05, 0) is 66.6 Å². The first kappa shape index (κ1) is 17.0. The minimum Gasteiger partial charge on any atom is -0.366 e. The van der Waals surface area contributed by atoms with Crippen LogP contribution in [0.4, 0.5) is 0 Å². The highest BCUT2D eigenvalue weighted by molar-refractivity contribution is 6.05. The number of hydrogen-bond donors (Lipinski definition) is 1. The molecule has 0 saturated carbocycles. The van der Waals surface area contributed by atoms with Gasteiger partial charge >= 0.3 is 0 Å². The molecule has 3 heteroatoms. The zero-order valence-corrected chi connectivity index (χ0v) is 15.2. The van der Waals surface area contributed by atoms with Crippen molar-refractivity contribution in [2.24, 2.45) is 5.73 Å². The van der Waals surface area contributed by atoms with Crippen molar-refractivity contribution in [2.45, 2.75) is 38.6 Å². The maximum atomic E-state index is 12.0. The molecule has 26 heavy (non-hydrogen) atoms. The largest absolute Gasteiger partial charge is 0.366 e. The predicted octanol–water partition coefficient (Wildman–Crippen LogP) is 3.91. The Morgan fingerprint density at radius 1 is 0.923 bits per heavy atom. The molecular weight excluding hydrogens is 320 g/mol. The smallest absolute Gasteiger partial charge is 0.245 e. The number of benzene rings is 2. The van der Waals surface area contributed by atoms with Gasteiger partial charge in [0.25, 0.3) is 0 Å². The Morgan fingerprint density at radius 3 is 2.38 bits per heavy atom. The van der Waals surface area contributed by atoms with Crippen LogP contribution >= 0.6 is 0 Å². The summed E-state index contributed by atoms with van der Waals surface area (Å²) >= 11 is 0. The van der Waals surface area contributed by atoms with Crippen LogP contribution < -0.4 is 5.73 Å². The van der Waals surface area contributed by atoms with E-state index in [0.29, 0.717) is 0 Å². The second-order valence-electron chi connectivity index (χ2n) is 7.41. The fourth-order valence-corrected chi connectivity index (χ4v) is 4.26. The summed E-state index contributed by atoms with van der Waals surface area (Å²) in [5.41, 5.74) is 12.3. The van der Waals surface area contributed by atoms with Gasteiger partial charge in [0.1, 0.15) is 0 Å². The van der Waals surface area contributed by atoms with E-state index in [9.17, 15) is 4.79 Å². The van der Waals surface area contributed by atoms with Crippen LogP contribution in [0.25, 0.3) is 5.57 Å². The Labute approximate surface area is 155 Å². The summed E-state index contributed by atoms with van der Waals surface area (Å²) < 4.78 is 0. The van der Waals surface area contributed by atoms with Crippen LogP contribution in [-0.4, -0.2) is 23.9 Å². The summed E-state index contributed by atoms with van der Waals surface area (Å²) in [7, 11) is 0. The third kappa shape index (κ3) is 3.45. The summed E-state index contributed by atoms with van der Waals surface area (Å²) in [4.78, 5) is 14.6. The van der Waals surface area contributed by atoms with Gasteiger partial charge in [0.05, 0.1) is 0 Å². The maximum Gasteiger partial charge on any atom is 0.245 e. The number of piperidine rings is 1. The third-order valence-electron chi connectivity index (χ3n) is 5.63. The first-order valence-electron chi connectivity index (χ1n) is 9.65. The number of aryl methyl sites for hydroxylation is 1. The van der Waals surface area contributed by atoms with Crippen molar-refractivity contribution in [1.29, 1.82) is 0 Å². The number of nitrogens with two attached hydrogens (primary N) is 1. The summed E-state index contributed by atoms with van der Waals surface area (Å²) in [6, 6.07) is 17.1. The normalized spacial score (nSPS) is 17.8. The molecule has 1 saturated heterocycles. The number of carbonyl (C=O) groups excluding carboxylic acids is 1. The van der Waals surface area contributed by atoms with Gasteiger partial charge in [-0.15, -0.1) is 0 Å². The predicted molar refractivity (Wildman–Crippen MR) is 106 cm³/mol. The second kappa shape index (κ2) is 7.46. The molecule has 4 rings (SSSR count). The van der Waals surface area contributed by atoms with Gasteiger partial charge < -0.3 is 5.73 Å². The molecule has 2 aromatic rings. The van der Waals surface area contributed by atoms with Gasteiger partial charge in [-0.1, -0.05) is 55.0 Å². The van der Waals surface area contributed by atoms with E-state index in [1.165, 1.54) is 43.5 Å². The van der Waals surface area contributed by atoms with Crippen molar-refractivity contribution in [3.05, 3.63) is 76.4 Å². The molecule has 1 fully saturated rings. The highest BCUT2D eigenvalue weighted by atomic mass is 16.1. The van der Waals surface area contributed by atoms with Crippen LogP contribution in [-0.2, 0) is 17.8 Å². The van der Waals surface area contributed by atoms with Crippen molar-refractivity contribution >= 4 is 11.5 Å². The van der Waals surface area contributed by atoms with Crippen molar-refractivity contribution in [1.82, 2.24) is 4.90 Å². The zero-order chi connectivity index (χ0) is 17.9. The average Bonchev–Trinajstić information content (AvgIpc) is 2.68. The second-order valence-corrected chi connectivity index (χ2v) is 7.41. The highest BCUT2D eigenvalue weighted by Gasteiger charge is 2.23. The Kier molecular flexibility index (Phi) is 4.89. The fourth-order valence-electron chi connectivity index (χ4n) is 4.26. The molecular formula is C23H26N2O. The van der Waals surface area contributed by atoms with Crippen LogP contribution in [0.1, 0.15) is 47.9 Å². The monoisotopic (exact) mass is 346 g/mol. The average molecular weight is 346 g/mol.